The lowest BCUT2D eigenvalue weighted by Gasteiger charge is -2.23. The molecule has 1 N–H and O–H groups in total. The number of piperidine rings is 1. The highest BCUT2D eigenvalue weighted by Crippen LogP contribution is 2.36. The van der Waals surface area contributed by atoms with E-state index in [0.717, 1.165) is 12.3 Å². The monoisotopic (exact) mass is 244 g/mol. The van der Waals surface area contributed by atoms with E-state index in [1.54, 1.807) is 7.11 Å². The summed E-state index contributed by atoms with van der Waals surface area (Å²) in [6.07, 6.45) is 6.06. The van der Waals surface area contributed by atoms with E-state index in [1.165, 1.54) is 35.7 Å². The van der Waals surface area contributed by atoms with Crippen LogP contribution in [-0.2, 0) is 7.05 Å². The minimum Gasteiger partial charge on any atom is -0.496 e. The quantitative estimate of drug-likeness (QED) is 0.879. The summed E-state index contributed by atoms with van der Waals surface area (Å²) < 4.78 is 7.73. The number of methoxy groups -OCH3 is 1. The Kier molecular flexibility index (Phi) is 3.00. The zero-order valence-electron chi connectivity index (χ0n) is 11.1. The van der Waals surface area contributed by atoms with Crippen LogP contribution in [0.25, 0.3) is 10.9 Å². The molecule has 3 nitrogen and oxygen atoms in total. The smallest absolute Gasteiger partial charge is 0.128 e. The molecule has 0 bridgehead atoms. The van der Waals surface area contributed by atoms with Crippen LogP contribution in [0, 0.1) is 0 Å². The number of aryl methyl sites for hydroxylation is 1. The lowest BCUT2D eigenvalue weighted by atomic mass is 9.97. The Balaban J connectivity index is 2.15. The van der Waals surface area contributed by atoms with E-state index in [-0.39, 0.29) is 0 Å². The van der Waals surface area contributed by atoms with Crippen molar-refractivity contribution in [1.29, 1.82) is 0 Å². The van der Waals surface area contributed by atoms with Gasteiger partial charge in [0, 0.05) is 24.7 Å². The van der Waals surface area contributed by atoms with E-state index in [4.69, 9.17) is 4.74 Å². The van der Waals surface area contributed by atoms with Crippen molar-refractivity contribution in [2.45, 2.75) is 25.3 Å². The number of fused-ring (bicyclic) bond motifs is 1. The topological polar surface area (TPSA) is 26.2 Å². The fourth-order valence-electron chi connectivity index (χ4n) is 3.00. The van der Waals surface area contributed by atoms with Crippen LogP contribution in [0.1, 0.15) is 30.9 Å². The van der Waals surface area contributed by atoms with Crippen molar-refractivity contribution in [2.24, 2.45) is 7.05 Å². The molecule has 1 aromatic heterocycles. The molecule has 0 saturated carbocycles. The number of hydrogen-bond acceptors (Lipinski definition) is 2. The molecule has 1 aliphatic heterocycles. The molecule has 3 rings (SSSR count). The van der Waals surface area contributed by atoms with E-state index in [9.17, 15) is 0 Å². The molecule has 1 saturated heterocycles. The van der Waals surface area contributed by atoms with Crippen molar-refractivity contribution >= 4 is 10.9 Å². The van der Waals surface area contributed by atoms with Crippen LogP contribution in [0.15, 0.2) is 24.4 Å². The fourth-order valence-corrected chi connectivity index (χ4v) is 3.00. The van der Waals surface area contributed by atoms with Crippen LogP contribution in [-0.4, -0.2) is 18.2 Å². The van der Waals surface area contributed by atoms with Gasteiger partial charge in [-0.25, -0.2) is 0 Å². The maximum atomic E-state index is 5.53. The molecule has 1 aromatic carbocycles. The molecular weight excluding hydrogens is 224 g/mol. The zero-order valence-corrected chi connectivity index (χ0v) is 11.1. The normalized spacial score (nSPS) is 20.2. The highest BCUT2D eigenvalue weighted by atomic mass is 16.5. The van der Waals surface area contributed by atoms with E-state index in [0.29, 0.717) is 6.04 Å². The molecule has 18 heavy (non-hydrogen) atoms. The van der Waals surface area contributed by atoms with E-state index >= 15 is 0 Å². The predicted molar refractivity (Wildman–Crippen MR) is 74.1 cm³/mol. The standard InChI is InChI=1S/C15H20N2O/c1-17-10-11(12-6-3-4-9-16-12)15-13(17)7-5-8-14(15)18-2/h5,7-8,10,12,16H,3-4,6,9H2,1-2H3. The molecular formula is C15H20N2O. The first-order valence-corrected chi connectivity index (χ1v) is 6.66. The van der Waals surface area contributed by atoms with Gasteiger partial charge < -0.3 is 14.6 Å². The second-order valence-electron chi connectivity index (χ2n) is 5.05. The van der Waals surface area contributed by atoms with Crippen LogP contribution >= 0.6 is 0 Å². The number of nitrogens with zero attached hydrogens (tertiary/aromatic N) is 1. The summed E-state index contributed by atoms with van der Waals surface area (Å²) >= 11 is 0. The van der Waals surface area contributed by atoms with Gasteiger partial charge in [-0.2, -0.15) is 0 Å². The summed E-state index contributed by atoms with van der Waals surface area (Å²) in [5.74, 6) is 0.982. The number of aromatic nitrogens is 1. The van der Waals surface area contributed by atoms with Gasteiger partial charge in [0.1, 0.15) is 5.75 Å². The van der Waals surface area contributed by atoms with Crippen LogP contribution in [0.2, 0.25) is 0 Å². The highest BCUT2D eigenvalue weighted by Gasteiger charge is 2.21. The Labute approximate surface area is 108 Å². The average molecular weight is 244 g/mol. The summed E-state index contributed by atoms with van der Waals surface area (Å²) in [5.41, 5.74) is 2.63. The SMILES string of the molecule is COc1cccc2c1c(C1CCCCN1)cn2C. The van der Waals surface area contributed by atoms with Crippen LogP contribution in [0.4, 0.5) is 0 Å². The maximum Gasteiger partial charge on any atom is 0.128 e. The minimum atomic E-state index is 0.471. The minimum absolute atomic E-state index is 0.471. The van der Waals surface area contributed by atoms with Gasteiger partial charge in [0.15, 0.2) is 0 Å². The second kappa shape index (κ2) is 4.65. The zero-order chi connectivity index (χ0) is 12.5. The lowest BCUT2D eigenvalue weighted by Crippen LogP contribution is -2.26. The number of rotatable bonds is 2. The third-order valence-electron chi connectivity index (χ3n) is 3.91. The average Bonchev–Trinajstić information content (AvgIpc) is 2.77. The summed E-state index contributed by atoms with van der Waals surface area (Å²) in [7, 11) is 3.86. The van der Waals surface area contributed by atoms with Crippen LogP contribution < -0.4 is 10.1 Å². The molecule has 96 valence electrons. The molecule has 2 heterocycles. The van der Waals surface area contributed by atoms with Gasteiger partial charge in [0.05, 0.1) is 12.6 Å². The molecule has 1 unspecified atom stereocenters. The Morgan fingerprint density at radius 1 is 1.33 bits per heavy atom. The summed E-state index contributed by atoms with van der Waals surface area (Å²) in [6.45, 7) is 1.12. The second-order valence-corrected chi connectivity index (χ2v) is 5.05. The summed E-state index contributed by atoms with van der Waals surface area (Å²) in [6, 6.07) is 6.73. The first-order chi connectivity index (χ1) is 8.81. The van der Waals surface area contributed by atoms with Crippen molar-refractivity contribution in [3.05, 3.63) is 30.0 Å². The number of nitrogens with one attached hydrogen (secondary N) is 1. The Morgan fingerprint density at radius 2 is 2.22 bits per heavy atom. The first kappa shape index (κ1) is 11.6. The lowest BCUT2D eigenvalue weighted by molar-refractivity contribution is 0.407. The molecule has 1 aliphatic rings. The Morgan fingerprint density at radius 3 is 2.94 bits per heavy atom. The molecule has 0 spiro atoms. The largest absolute Gasteiger partial charge is 0.496 e. The van der Waals surface area contributed by atoms with Gasteiger partial charge in [-0.3, -0.25) is 0 Å². The predicted octanol–water partition coefficient (Wildman–Crippen LogP) is 3.00. The summed E-state index contributed by atoms with van der Waals surface area (Å²) in [4.78, 5) is 0. The molecule has 1 atom stereocenters. The van der Waals surface area contributed by atoms with Crippen LogP contribution in [0.5, 0.6) is 5.75 Å². The third kappa shape index (κ3) is 1.79. The van der Waals surface area contributed by atoms with Gasteiger partial charge in [-0.1, -0.05) is 12.5 Å². The number of hydrogen-bond donors (Lipinski definition) is 1. The number of ether oxygens (including phenoxy) is 1. The van der Waals surface area contributed by atoms with Crippen molar-refractivity contribution in [3.8, 4) is 5.75 Å². The molecule has 1 fully saturated rings. The van der Waals surface area contributed by atoms with Gasteiger partial charge in [0.2, 0.25) is 0 Å². The first-order valence-electron chi connectivity index (χ1n) is 6.66. The molecule has 0 aliphatic carbocycles. The van der Waals surface area contributed by atoms with Crippen molar-refractivity contribution in [3.63, 3.8) is 0 Å². The van der Waals surface area contributed by atoms with Gasteiger partial charge >= 0.3 is 0 Å². The van der Waals surface area contributed by atoms with E-state index < -0.39 is 0 Å². The summed E-state index contributed by atoms with van der Waals surface area (Å²) in [5, 5.41) is 4.89. The maximum absolute atomic E-state index is 5.53. The molecule has 2 aromatic rings. The Bertz CT molecular complexity index is 553. The van der Waals surface area contributed by atoms with Crippen LogP contribution in [0.3, 0.4) is 0 Å². The molecule has 3 heteroatoms. The molecule has 0 radical (unpaired) electrons. The van der Waals surface area contributed by atoms with Gasteiger partial charge in [-0.05, 0) is 37.1 Å². The van der Waals surface area contributed by atoms with Gasteiger partial charge in [-0.15, -0.1) is 0 Å². The van der Waals surface area contributed by atoms with Crippen molar-refractivity contribution < 1.29 is 4.74 Å². The van der Waals surface area contributed by atoms with Crippen molar-refractivity contribution in [2.75, 3.05) is 13.7 Å². The third-order valence-corrected chi connectivity index (χ3v) is 3.91. The number of benzene rings is 1. The fraction of sp³-hybridized carbons (Fsp3) is 0.467. The van der Waals surface area contributed by atoms with Crippen molar-refractivity contribution in [1.82, 2.24) is 9.88 Å². The molecule has 0 amide bonds. The van der Waals surface area contributed by atoms with E-state index in [1.807, 2.05) is 0 Å². The van der Waals surface area contributed by atoms with E-state index in [2.05, 4.69) is 41.3 Å². The highest BCUT2D eigenvalue weighted by molar-refractivity contribution is 5.90. The van der Waals surface area contributed by atoms with Gasteiger partial charge in [0.25, 0.3) is 0 Å². The Hall–Kier alpha value is -1.48.